The van der Waals surface area contributed by atoms with Crippen LogP contribution in [0.2, 0.25) is 0 Å². The van der Waals surface area contributed by atoms with Gasteiger partial charge in [0.05, 0.1) is 12.5 Å². The molecule has 1 heterocycles. The molecule has 1 atom stereocenters. The van der Waals surface area contributed by atoms with Gasteiger partial charge in [-0.15, -0.1) is 0 Å². The molecule has 1 aromatic rings. The summed E-state index contributed by atoms with van der Waals surface area (Å²) in [4.78, 5) is 14.1. The maximum absolute atomic E-state index is 13.2. The van der Waals surface area contributed by atoms with Gasteiger partial charge in [-0.2, -0.15) is 0 Å². The second-order valence-electron chi connectivity index (χ2n) is 7.53. The summed E-state index contributed by atoms with van der Waals surface area (Å²) in [5, 5.41) is 9.24. The molecule has 4 heteroatoms. The van der Waals surface area contributed by atoms with Crippen LogP contribution in [0.5, 0.6) is 0 Å². The zero-order valence-electron chi connectivity index (χ0n) is 14.0. The topological polar surface area (TPSA) is 40.5 Å². The van der Waals surface area contributed by atoms with Crippen LogP contribution < -0.4 is 0 Å². The van der Waals surface area contributed by atoms with Gasteiger partial charge in [0.25, 0.3) is 0 Å². The van der Waals surface area contributed by atoms with Crippen LogP contribution in [0.1, 0.15) is 37.3 Å². The van der Waals surface area contributed by atoms with E-state index in [2.05, 4.69) is 0 Å². The van der Waals surface area contributed by atoms with E-state index in [1.807, 2.05) is 24.8 Å². The highest BCUT2D eigenvalue weighted by atomic mass is 19.1. The van der Waals surface area contributed by atoms with E-state index < -0.39 is 0 Å². The van der Waals surface area contributed by atoms with E-state index in [0.29, 0.717) is 17.8 Å². The van der Waals surface area contributed by atoms with Crippen LogP contribution in [0.25, 0.3) is 0 Å². The van der Waals surface area contributed by atoms with Crippen molar-refractivity contribution in [3.05, 3.63) is 35.1 Å². The maximum atomic E-state index is 13.2. The monoisotopic (exact) mass is 319 g/mol. The highest BCUT2D eigenvalue weighted by Crippen LogP contribution is 2.53. The smallest absolute Gasteiger partial charge is 0.228 e. The number of aliphatic hydroxyl groups excluding tert-OH is 1. The van der Waals surface area contributed by atoms with Gasteiger partial charge in [-0.25, -0.2) is 4.39 Å². The Morgan fingerprint density at radius 2 is 2.13 bits per heavy atom. The van der Waals surface area contributed by atoms with Gasteiger partial charge in [-0.1, -0.05) is 13.0 Å². The fraction of sp³-hybridized carbons (Fsp3) is 0.632. The van der Waals surface area contributed by atoms with Crippen molar-refractivity contribution in [3.63, 3.8) is 0 Å². The number of carbonyl (C=O) groups is 1. The Hall–Kier alpha value is -1.42. The summed E-state index contributed by atoms with van der Waals surface area (Å²) in [5.74, 6) is 0.360. The molecule has 0 radical (unpaired) electrons. The van der Waals surface area contributed by atoms with Gasteiger partial charge in [0, 0.05) is 18.5 Å². The van der Waals surface area contributed by atoms with Crippen LogP contribution in [-0.2, 0) is 11.2 Å². The maximum Gasteiger partial charge on any atom is 0.228 e. The molecule has 23 heavy (non-hydrogen) atoms. The Morgan fingerprint density at radius 1 is 1.43 bits per heavy atom. The first-order chi connectivity index (χ1) is 11.0. The van der Waals surface area contributed by atoms with Crippen molar-refractivity contribution in [2.75, 3.05) is 19.7 Å². The van der Waals surface area contributed by atoms with E-state index in [1.165, 1.54) is 5.56 Å². The zero-order valence-corrected chi connectivity index (χ0v) is 14.0. The number of aliphatic hydroxyl groups is 1. The summed E-state index contributed by atoms with van der Waals surface area (Å²) >= 11 is 0. The van der Waals surface area contributed by atoms with Gasteiger partial charge >= 0.3 is 0 Å². The fourth-order valence-electron chi connectivity index (χ4n) is 4.33. The summed E-state index contributed by atoms with van der Waals surface area (Å²) in [6.07, 6.45) is 4.02. The average Bonchev–Trinajstić information content (AvgIpc) is 2.43. The summed E-state index contributed by atoms with van der Waals surface area (Å²) in [6, 6.07) is 5.05. The molecule has 1 saturated carbocycles. The molecule has 3 rings (SSSR count). The third-order valence-corrected chi connectivity index (χ3v) is 5.68. The van der Waals surface area contributed by atoms with Crippen LogP contribution in [-0.4, -0.2) is 35.6 Å². The minimum Gasteiger partial charge on any atom is -0.396 e. The van der Waals surface area contributed by atoms with E-state index >= 15 is 0 Å². The molecule has 1 spiro atoms. The lowest BCUT2D eigenvalue weighted by molar-refractivity contribution is -0.160. The van der Waals surface area contributed by atoms with Crippen molar-refractivity contribution in [2.24, 2.45) is 17.3 Å². The van der Waals surface area contributed by atoms with Crippen molar-refractivity contribution in [2.45, 2.75) is 39.5 Å². The summed E-state index contributed by atoms with van der Waals surface area (Å²) in [6.45, 7) is 5.56. The van der Waals surface area contributed by atoms with Crippen LogP contribution in [0, 0.1) is 30.0 Å². The second kappa shape index (κ2) is 6.23. The number of likely N-dealkylation sites (tertiary alicyclic amines) is 1. The number of hydrogen-bond donors (Lipinski definition) is 1. The van der Waals surface area contributed by atoms with E-state index in [9.17, 15) is 14.3 Å². The first kappa shape index (κ1) is 16.4. The van der Waals surface area contributed by atoms with E-state index in [4.69, 9.17) is 0 Å². The van der Waals surface area contributed by atoms with Gasteiger partial charge in [-0.3, -0.25) is 4.79 Å². The average molecular weight is 319 g/mol. The van der Waals surface area contributed by atoms with Crippen molar-refractivity contribution in [1.82, 2.24) is 4.90 Å². The molecule has 2 aliphatic rings. The number of hydrogen-bond acceptors (Lipinski definition) is 2. The molecular weight excluding hydrogens is 293 g/mol. The lowest BCUT2D eigenvalue weighted by Crippen LogP contribution is -2.64. The first-order valence-corrected chi connectivity index (χ1v) is 8.61. The molecule has 1 amide bonds. The standard InChI is InChI=1S/C19H26FNO2/c1-3-15(10-22)18(23)21-11-19(12-21)8-14(9-19)7-16-4-5-17(20)6-13(16)2/h4-6,14-15,22H,3,7-12H2,1-2H3/t15-/m1/s1. The van der Waals surface area contributed by atoms with Crippen LogP contribution >= 0.6 is 0 Å². The highest BCUT2D eigenvalue weighted by Gasteiger charge is 2.53. The molecule has 126 valence electrons. The number of rotatable bonds is 5. The highest BCUT2D eigenvalue weighted by molar-refractivity contribution is 5.80. The van der Waals surface area contributed by atoms with Crippen molar-refractivity contribution >= 4 is 5.91 Å². The molecule has 0 unspecified atom stereocenters. The Kier molecular flexibility index (Phi) is 4.45. The Bertz CT molecular complexity index is 583. The fourth-order valence-corrected chi connectivity index (χ4v) is 4.33. The second-order valence-corrected chi connectivity index (χ2v) is 7.53. The predicted molar refractivity (Wildman–Crippen MR) is 87.4 cm³/mol. The molecule has 1 saturated heterocycles. The molecule has 1 N–H and O–H groups in total. The van der Waals surface area contributed by atoms with E-state index in [1.54, 1.807) is 12.1 Å². The normalized spacial score (nSPS) is 21.0. The van der Waals surface area contributed by atoms with Crippen molar-refractivity contribution in [3.8, 4) is 0 Å². The Balaban J connectivity index is 1.48. The largest absolute Gasteiger partial charge is 0.396 e. The van der Waals surface area contributed by atoms with Gasteiger partial charge < -0.3 is 10.0 Å². The molecule has 3 nitrogen and oxygen atoms in total. The summed E-state index contributed by atoms with van der Waals surface area (Å²) in [5.41, 5.74) is 2.59. The number of halogens is 1. The minimum atomic E-state index is -0.231. The lowest BCUT2D eigenvalue weighted by atomic mass is 9.56. The molecule has 1 aliphatic heterocycles. The molecule has 0 bridgehead atoms. The van der Waals surface area contributed by atoms with Gasteiger partial charge in [0.2, 0.25) is 5.91 Å². The molecule has 0 aromatic heterocycles. The van der Waals surface area contributed by atoms with Crippen LogP contribution in [0.15, 0.2) is 18.2 Å². The number of aryl methyl sites for hydroxylation is 1. The zero-order chi connectivity index (χ0) is 16.6. The SMILES string of the molecule is CC[C@H](CO)C(=O)N1CC2(CC(Cc3ccc(F)cc3C)C2)C1. The molecule has 2 fully saturated rings. The minimum absolute atomic E-state index is 0.0503. The van der Waals surface area contributed by atoms with Gasteiger partial charge in [0.1, 0.15) is 5.82 Å². The third kappa shape index (κ3) is 3.14. The van der Waals surface area contributed by atoms with E-state index in [0.717, 1.165) is 37.9 Å². The summed E-state index contributed by atoms with van der Waals surface area (Å²) in [7, 11) is 0. The number of nitrogens with zero attached hydrogens (tertiary/aromatic N) is 1. The van der Waals surface area contributed by atoms with Crippen molar-refractivity contribution in [1.29, 1.82) is 0 Å². The van der Waals surface area contributed by atoms with Crippen LogP contribution in [0.3, 0.4) is 0 Å². The van der Waals surface area contributed by atoms with Gasteiger partial charge in [-0.05, 0) is 61.8 Å². The number of carbonyl (C=O) groups excluding carboxylic acids is 1. The first-order valence-electron chi connectivity index (χ1n) is 8.61. The van der Waals surface area contributed by atoms with E-state index in [-0.39, 0.29) is 24.2 Å². The quantitative estimate of drug-likeness (QED) is 0.906. The van der Waals surface area contributed by atoms with Gasteiger partial charge in [0.15, 0.2) is 0 Å². The summed E-state index contributed by atoms with van der Waals surface area (Å²) < 4.78 is 13.2. The Morgan fingerprint density at radius 3 is 2.70 bits per heavy atom. The number of amides is 1. The van der Waals surface area contributed by atoms with Crippen LogP contribution in [0.4, 0.5) is 4.39 Å². The molecule has 1 aliphatic carbocycles. The number of benzene rings is 1. The lowest BCUT2D eigenvalue weighted by Gasteiger charge is -2.59. The predicted octanol–water partition coefficient (Wildman–Crippen LogP) is 2.93. The molecule has 1 aromatic carbocycles. The third-order valence-electron chi connectivity index (χ3n) is 5.68. The molecular formula is C19H26FNO2. The Labute approximate surface area is 137 Å². The van der Waals surface area contributed by atoms with Crippen molar-refractivity contribution < 1.29 is 14.3 Å².